The van der Waals surface area contributed by atoms with Crippen LogP contribution in [0.25, 0.3) is 0 Å². The Balaban J connectivity index is 2.66. The maximum absolute atomic E-state index is 6.50. The SMILES string of the molecule is C#CCCCC(N)C1(N(CC)CC)CCCC1. The average Bonchev–Trinajstić information content (AvgIpc) is 2.81. The molecule has 1 saturated carbocycles. The van der Waals surface area contributed by atoms with Gasteiger partial charge in [-0.3, -0.25) is 4.90 Å². The molecule has 0 aromatic heterocycles. The molecule has 1 fully saturated rings. The van der Waals surface area contributed by atoms with E-state index in [4.69, 9.17) is 12.2 Å². The Hall–Kier alpha value is -0.520. The molecule has 1 rings (SSSR count). The molecule has 1 unspecified atom stereocenters. The first-order chi connectivity index (χ1) is 8.21. The highest BCUT2D eigenvalue weighted by Gasteiger charge is 2.42. The molecule has 0 radical (unpaired) electrons. The predicted octanol–water partition coefficient (Wildman–Crippen LogP) is 2.77. The number of rotatable bonds is 7. The van der Waals surface area contributed by atoms with Crippen molar-refractivity contribution in [3.8, 4) is 12.3 Å². The number of nitrogens with two attached hydrogens (primary N) is 1. The minimum atomic E-state index is 0.262. The van der Waals surface area contributed by atoms with Crippen molar-refractivity contribution >= 4 is 0 Å². The first-order valence-electron chi connectivity index (χ1n) is 7.15. The molecular formula is C15H28N2. The van der Waals surface area contributed by atoms with Gasteiger partial charge in [-0.15, -0.1) is 12.3 Å². The van der Waals surface area contributed by atoms with E-state index in [1.54, 1.807) is 0 Å². The number of hydrogen-bond acceptors (Lipinski definition) is 2. The van der Waals surface area contributed by atoms with Gasteiger partial charge in [-0.2, -0.15) is 0 Å². The van der Waals surface area contributed by atoms with E-state index >= 15 is 0 Å². The van der Waals surface area contributed by atoms with E-state index in [9.17, 15) is 0 Å². The second-order valence-electron chi connectivity index (χ2n) is 5.19. The molecule has 17 heavy (non-hydrogen) atoms. The quantitative estimate of drug-likeness (QED) is 0.544. The Morgan fingerprint density at radius 2 is 1.88 bits per heavy atom. The lowest BCUT2D eigenvalue weighted by atomic mass is 9.83. The van der Waals surface area contributed by atoms with Gasteiger partial charge in [0.25, 0.3) is 0 Å². The molecular weight excluding hydrogens is 208 g/mol. The maximum Gasteiger partial charge on any atom is 0.0360 e. The van der Waals surface area contributed by atoms with Crippen LogP contribution in [0, 0.1) is 12.3 Å². The van der Waals surface area contributed by atoms with E-state index < -0.39 is 0 Å². The second kappa shape index (κ2) is 7.03. The van der Waals surface area contributed by atoms with Crippen LogP contribution in [0.3, 0.4) is 0 Å². The van der Waals surface area contributed by atoms with Crippen LogP contribution in [0.4, 0.5) is 0 Å². The van der Waals surface area contributed by atoms with Gasteiger partial charge in [0.05, 0.1) is 0 Å². The number of terminal acetylenes is 1. The lowest BCUT2D eigenvalue weighted by molar-refractivity contribution is 0.0736. The summed E-state index contributed by atoms with van der Waals surface area (Å²) in [5.41, 5.74) is 6.76. The Labute approximate surface area is 107 Å². The third-order valence-corrected chi connectivity index (χ3v) is 4.39. The molecule has 1 aliphatic rings. The molecule has 98 valence electrons. The van der Waals surface area contributed by atoms with Crippen molar-refractivity contribution in [3.63, 3.8) is 0 Å². The van der Waals surface area contributed by atoms with Crippen molar-refractivity contribution in [2.24, 2.45) is 5.73 Å². The first-order valence-corrected chi connectivity index (χ1v) is 7.15. The number of unbranched alkanes of at least 4 members (excludes halogenated alkanes) is 1. The zero-order valence-electron chi connectivity index (χ0n) is 11.5. The van der Waals surface area contributed by atoms with Crippen molar-refractivity contribution in [1.29, 1.82) is 0 Å². The van der Waals surface area contributed by atoms with E-state index in [-0.39, 0.29) is 5.54 Å². The Kier molecular flexibility index (Phi) is 6.02. The van der Waals surface area contributed by atoms with Gasteiger partial charge in [0.2, 0.25) is 0 Å². The van der Waals surface area contributed by atoms with Gasteiger partial charge in [-0.25, -0.2) is 0 Å². The maximum atomic E-state index is 6.50. The summed E-state index contributed by atoms with van der Waals surface area (Å²) >= 11 is 0. The monoisotopic (exact) mass is 236 g/mol. The standard InChI is InChI=1S/C15H28N2/c1-4-7-8-11-14(16)15(12-9-10-13-15)17(5-2)6-3/h1,14H,5-13,16H2,2-3H3. The van der Waals surface area contributed by atoms with Gasteiger partial charge in [-0.1, -0.05) is 26.7 Å². The highest BCUT2D eigenvalue weighted by atomic mass is 15.2. The highest BCUT2D eigenvalue weighted by Crippen LogP contribution is 2.38. The van der Waals surface area contributed by atoms with Crippen LogP contribution in [0.2, 0.25) is 0 Å². The summed E-state index contributed by atoms with van der Waals surface area (Å²) in [6.07, 6.45) is 13.5. The molecule has 0 aromatic carbocycles. The van der Waals surface area contributed by atoms with Crippen LogP contribution in [0.1, 0.15) is 58.8 Å². The van der Waals surface area contributed by atoms with Crippen molar-refractivity contribution < 1.29 is 0 Å². The van der Waals surface area contributed by atoms with Crippen molar-refractivity contribution in [2.75, 3.05) is 13.1 Å². The van der Waals surface area contributed by atoms with E-state index in [1.165, 1.54) is 25.7 Å². The summed E-state index contributed by atoms with van der Waals surface area (Å²) in [4.78, 5) is 2.58. The molecule has 0 heterocycles. The molecule has 0 spiro atoms. The van der Waals surface area contributed by atoms with Gasteiger partial charge in [0, 0.05) is 18.0 Å². The van der Waals surface area contributed by atoms with Crippen LogP contribution in [0.15, 0.2) is 0 Å². The molecule has 2 nitrogen and oxygen atoms in total. The minimum absolute atomic E-state index is 0.262. The fraction of sp³-hybridized carbons (Fsp3) is 0.867. The molecule has 2 N–H and O–H groups in total. The van der Waals surface area contributed by atoms with Crippen LogP contribution >= 0.6 is 0 Å². The predicted molar refractivity (Wildman–Crippen MR) is 74.8 cm³/mol. The lowest BCUT2D eigenvalue weighted by Crippen LogP contribution is -2.58. The Bertz CT molecular complexity index is 244. The summed E-state index contributed by atoms with van der Waals surface area (Å²) in [5, 5.41) is 0. The third-order valence-electron chi connectivity index (χ3n) is 4.39. The highest BCUT2D eigenvalue weighted by molar-refractivity contribution is 5.02. The van der Waals surface area contributed by atoms with Crippen LogP contribution in [-0.2, 0) is 0 Å². The minimum Gasteiger partial charge on any atom is -0.326 e. The van der Waals surface area contributed by atoms with Crippen LogP contribution in [0.5, 0.6) is 0 Å². The van der Waals surface area contributed by atoms with E-state index in [2.05, 4.69) is 24.7 Å². The third kappa shape index (κ3) is 3.24. The number of hydrogen-bond donors (Lipinski definition) is 1. The Morgan fingerprint density at radius 3 is 2.35 bits per heavy atom. The van der Waals surface area contributed by atoms with Gasteiger partial charge in [-0.05, 0) is 38.8 Å². The summed E-state index contributed by atoms with van der Waals surface area (Å²) < 4.78 is 0. The lowest BCUT2D eigenvalue weighted by Gasteiger charge is -2.45. The summed E-state index contributed by atoms with van der Waals surface area (Å²) in [5.74, 6) is 2.71. The van der Waals surface area contributed by atoms with Crippen LogP contribution in [-0.4, -0.2) is 29.6 Å². The van der Waals surface area contributed by atoms with Gasteiger partial charge < -0.3 is 5.73 Å². The van der Waals surface area contributed by atoms with Crippen molar-refractivity contribution in [3.05, 3.63) is 0 Å². The largest absolute Gasteiger partial charge is 0.326 e. The molecule has 0 saturated heterocycles. The van der Waals surface area contributed by atoms with Gasteiger partial charge >= 0.3 is 0 Å². The van der Waals surface area contributed by atoms with Crippen molar-refractivity contribution in [1.82, 2.24) is 4.90 Å². The fourth-order valence-electron chi connectivity index (χ4n) is 3.45. The average molecular weight is 236 g/mol. The van der Waals surface area contributed by atoms with E-state index in [1.807, 2.05) is 0 Å². The molecule has 2 heteroatoms. The van der Waals surface area contributed by atoms with Crippen LogP contribution < -0.4 is 5.73 Å². The Morgan fingerprint density at radius 1 is 1.29 bits per heavy atom. The topological polar surface area (TPSA) is 29.3 Å². The van der Waals surface area contributed by atoms with Gasteiger partial charge in [0.1, 0.15) is 0 Å². The molecule has 1 atom stereocenters. The smallest absolute Gasteiger partial charge is 0.0360 e. The molecule has 0 aliphatic heterocycles. The molecule has 1 aliphatic carbocycles. The van der Waals surface area contributed by atoms with E-state index in [0.29, 0.717) is 6.04 Å². The summed E-state index contributed by atoms with van der Waals surface area (Å²) in [7, 11) is 0. The molecule has 0 aromatic rings. The molecule has 0 bridgehead atoms. The summed E-state index contributed by atoms with van der Waals surface area (Å²) in [6, 6.07) is 0.290. The first kappa shape index (κ1) is 14.5. The number of nitrogens with zero attached hydrogens (tertiary/aromatic N) is 1. The summed E-state index contributed by atoms with van der Waals surface area (Å²) in [6.45, 7) is 6.72. The van der Waals surface area contributed by atoms with Crippen molar-refractivity contribution in [2.45, 2.75) is 70.4 Å². The van der Waals surface area contributed by atoms with Gasteiger partial charge in [0.15, 0.2) is 0 Å². The number of likely N-dealkylation sites (N-methyl/N-ethyl adjacent to an activating group) is 1. The molecule has 0 amide bonds. The fourth-order valence-corrected chi connectivity index (χ4v) is 3.45. The zero-order chi connectivity index (χ0) is 12.7. The zero-order valence-corrected chi connectivity index (χ0v) is 11.5. The normalized spacial score (nSPS) is 20.4. The van der Waals surface area contributed by atoms with E-state index in [0.717, 1.165) is 32.4 Å². The second-order valence-corrected chi connectivity index (χ2v) is 5.19.